The van der Waals surface area contributed by atoms with Crippen LogP contribution in [0.15, 0.2) is 48.7 Å². The molecule has 1 amide bonds. The summed E-state index contributed by atoms with van der Waals surface area (Å²) in [5.41, 5.74) is 7.08. The number of carbonyl (C=O) groups is 1. The van der Waals surface area contributed by atoms with Crippen molar-refractivity contribution in [2.45, 2.75) is 37.2 Å². The van der Waals surface area contributed by atoms with E-state index in [4.69, 9.17) is 27.9 Å². The SMILES string of the molecule is O=C(NN[C@@H]1O[C@H](CO)[C@@H](O)[C@H](O)[C@H]1O)c1cc(-c2ccc(Cl)cc2)nn1Cc1ccc(Cl)nc1. The number of pyridine rings is 1. The Morgan fingerprint density at radius 1 is 1.06 bits per heavy atom. The lowest BCUT2D eigenvalue weighted by atomic mass is 9.99. The number of nitrogens with one attached hydrogen (secondary N) is 2. The van der Waals surface area contributed by atoms with E-state index in [0.29, 0.717) is 15.9 Å². The van der Waals surface area contributed by atoms with Crippen molar-refractivity contribution in [1.29, 1.82) is 0 Å². The van der Waals surface area contributed by atoms with Crippen LogP contribution in [0, 0.1) is 0 Å². The van der Waals surface area contributed by atoms with Crippen LogP contribution in [0.5, 0.6) is 0 Å². The molecule has 1 saturated heterocycles. The number of nitrogens with zero attached hydrogens (tertiary/aromatic N) is 3. The summed E-state index contributed by atoms with van der Waals surface area (Å²) in [6, 6.07) is 11.9. The third kappa shape index (κ3) is 5.80. The fourth-order valence-corrected chi connectivity index (χ4v) is 3.81. The molecular formula is C22H23Cl2N5O6. The van der Waals surface area contributed by atoms with E-state index in [1.807, 2.05) is 0 Å². The number of ether oxygens (including phenoxy) is 1. The zero-order valence-electron chi connectivity index (χ0n) is 18.1. The number of carbonyl (C=O) groups excluding carboxylic acids is 1. The Morgan fingerprint density at radius 2 is 1.80 bits per heavy atom. The zero-order valence-corrected chi connectivity index (χ0v) is 19.6. The Kier molecular flexibility index (Phi) is 7.99. The van der Waals surface area contributed by atoms with Gasteiger partial charge >= 0.3 is 0 Å². The minimum Gasteiger partial charge on any atom is -0.394 e. The van der Waals surface area contributed by atoms with Crippen LogP contribution in [-0.2, 0) is 11.3 Å². The quantitative estimate of drug-likeness (QED) is 0.189. The van der Waals surface area contributed by atoms with Gasteiger partial charge in [0.15, 0.2) is 6.23 Å². The van der Waals surface area contributed by atoms with Crippen molar-refractivity contribution in [3.8, 4) is 11.3 Å². The van der Waals surface area contributed by atoms with Gasteiger partial charge in [0.05, 0.1) is 18.8 Å². The third-order valence-corrected chi connectivity index (χ3v) is 5.97. The average Bonchev–Trinajstić information content (AvgIpc) is 3.27. The largest absolute Gasteiger partial charge is 0.394 e. The minimum absolute atomic E-state index is 0.169. The lowest BCUT2D eigenvalue weighted by Gasteiger charge is -2.40. The first-order chi connectivity index (χ1) is 16.8. The molecule has 1 fully saturated rings. The summed E-state index contributed by atoms with van der Waals surface area (Å²) < 4.78 is 6.82. The molecule has 1 aliphatic rings. The molecule has 4 rings (SSSR count). The number of aliphatic hydroxyl groups is 4. The molecule has 1 aromatic carbocycles. The van der Waals surface area contributed by atoms with E-state index in [1.165, 1.54) is 4.68 Å². The summed E-state index contributed by atoms with van der Waals surface area (Å²) in [5, 5.41) is 44.8. The molecule has 0 unspecified atom stereocenters. The first kappa shape index (κ1) is 25.5. The van der Waals surface area contributed by atoms with Crippen LogP contribution in [0.2, 0.25) is 10.2 Å². The van der Waals surface area contributed by atoms with Crippen molar-refractivity contribution in [2.24, 2.45) is 0 Å². The number of aromatic nitrogens is 3. The minimum atomic E-state index is -1.59. The van der Waals surface area contributed by atoms with Crippen LogP contribution in [0.4, 0.5) is 0 Å². The van der Waals surface area contributed by atoms with Gasteiger partial charge in [0.2, 0.25) is 0 Å². The first-order valence-electron chi connectivity index (χ1n) is 10.6. The molecule has 0 spiro atoms. The van der Waals surface area contributed by atoms with Gasteiger partial charge in [0, 0.05) is 16.8 Å². The normalized spacial score (nSPS) is 24.3. The van der Waals surface area contributed by atoms with E-state index in [9.17, 15) is 25.2 Å². The highest BCUT2D eigenvalue weighted by Crippen LogP contribution is 2.23. The Bertz CT molecular complexity index is 1160. The molecule has 11 nitrogen and oxygen atoms in total. The molecule has 186 valence electrons. The predicted molar refractivity (Wildman–Crippen MR) is 125 cm³/mol. The fourth-order valence-electron chi connectivity index (χ4n) is 3.58. The number of rotatable bonds is 7. The van der Waals surface area contributed by atoms with Gasteiger partial charge in [-0.2, -0.15) is 5.10 Å². The second-order valence-electron chi connectivity index (χ2n) is 7.92. The van der Waals surface area contributed by atoms with E-state index >= 15 is 0 Å². The average molecular weight is 524 g/mol. The van der Waals surface area contributed by atoms with Gasteiger partial charge in [-0.25, -0.2) is 10.4 Å². The van der Waals surface area contributed by atoms with Gasteiger partial charge in [-0.3, -0.25) is 14.9 Å². The number of aliphatic hydroxyl groups excluding tert-OH is 4. The summed E-state index contributed by atoms with van der Waals surface area (Å²) in [4.78, 5) is 17.1. The monoisotopic (exact) mass is 523 g/mol. The molecule has 3 aromatic rings. The summed E-state index contributed by atoms with van der Waals surface area (Å²) in [7, 11) is 0. The molecule has 2 aromatic heterocycles. The van der Waals surface area contributed by atoms with Gasteiger partial charge in [-0.15, -0.1) is 0 Å². The van der Waals surface area contributed by atoms with Crippen LogP contribution in [0.25, 0.3) is 11.3 Å². The molecule has 3 heterocycles. The number of hydrazine groups is 1. The molecule has 0 saturated carbocycles. The maximum Gasteiger partial charge on any atom is 0.283 e. The highest BCUT2D eigenvalue weighted by atomic mass is 35.5. The summed E-state index contributed by atoms with van der Waals surface area (Å²) in [5.74, 6) is -0.614. The Hall–Kier alpha value is -2.61. The highest BCUT2D eigenvalue weighted by molar-refractivity contribution is 6.30. The second-order valence-corrected chi connectivity index (χ2v) is 8.74. The van der Waals surface area contributed by atoms with Crippen molar-refractivity contribution >= 4 is 29.1 Å². The molecule has 0 radical (unpaired) electrons. The van der Waals surface area contributed by atoms with E-state index in [0.717, 1.165) is 11.1 Å². The van der Waals surface area contributed by atoms with Crippen LogP contribution in [0.1, 0.15) is 16.1 Å². The van der Waals surface area contributed by atoms with Crippen molar-refractivity contribution < 1.29 is 30.0 Å². The number of amides is 1. The lowest BCUT2D eigenvalue weighted by Crippen LogP contribution is -2.64. The Labute approximate surface area is 209 Å². The van der Waals surface area contributed by atoms with Gasteiger partial charge < -0.3 is 25.2 Å². The second kappa shape index (κ2) is 11.0. The van der Waals surface area contributed by atoms with E-state index in [2.05, 4.69) is 20.9 Å². The number of hydrogen-bond donors (Lipinski definition) is 6. The molecule has 5 atom stereocenters. The van der Waals surface area contributed by atoms with Crippen molar-refractivity contribution in [2.75, 3.05) is 6.61 Å². The molecule has 13 heteroatoms. The number of halogens is 2. The van der Waals surface area contributed by atoms with Crippen molar-refractivity contribution in [3.05, 3.63) is 70.1 Å². The van der Waals surface area contributed by atoms with Crippen LogP contribution >= 0.6 is 23.2 Å². The molecule has 1 aliphatic heterocycles. The van der Waals surface area contributed by atoms with E-state index < -0.39 is 43.2 Å². The van der Waals surface area contributed by atoms with Crippen molar-refractivity contribution in [3.63, 3.8) is 0 Å². The maximum atomic E-state index is 13.1. The van der Waals surface area contributed by atoms with Crippen molar-refractivity contribution in [1.82, 2.24) is 25.6 Å². The Balaban J connectivity index is 1.56. The molecular weight excluding hydrogens is 501 g/mol. The number of benzene rings is 1. The number of hydrogen-bond acceptors (Lipinski definition) is 9. The fraction of sp³-hybridized carbons (Fsp3) is 0.318. The van der Waals surface area contributed by atoms with E-state index in [1.54, 1.807) is 48.7 Å². The summed E-state index contributed by atoms with van der Waals surface area (Å²) in [6.07, 6.45) is -5.51. The van der Waals surface area contributed by atoms with Gasteiger partial charge in [-0.1, -0.05) is 41.4 Å². The molecule has 0 aliphatic carbocycles. The Morgan fingerprint density at radius 3 is 2.46 bits per heavy atom. The molecule has 35 heavy (non-hydrogen) atoms. The lowest BCUT2D eigenvalue weighted by molar-refractivity contribution is -0.238. The van der Waals surface area contributed by atoms with Crippen LogP contribution in [0.3, 0.4) is 0 Å². The topological polar surface area (TPSA) is 162 Å². The van der Waals surface area contributed by atoms with Gasteiger partial charge in [-0.05, 0) is 29.8 Å². The molecule has 6 N–H and O–H groups in total. The van der Waals surface area contributed by atoms with Crippen LogP contribution in [-0.4, -0.2) is 78.3 Å². The first-order valence-corrected chi connectivity index (χ1v) is 11.3. The smallest absolute Gasteiger partial charge is 0.283 e. The molecule has 0 bridgehead atoms. The summed E-state index contributed by atoms with van der Waals surface area (Å²) in [6.45, 7) is -0.385. The summed E-state index contributed by atoms with van der Waals surface area (Å²) >= 11 is 11.8. The zero-order chi connectivity index (χ0) is 25.1. The van der Waals surface area contributed by atoms with E-state index in [-0.39, 0.29) is 12.2 Å². The van der Waals surface area contributed by atoms with Gasteiger partial charge in [0.1, 0.15) is 35.3 Å². The highest BCUT2D eigenvalue weighted by Gasteiger charge is 2.43. The maximum absolute atomic E-state index is 13.1. The van der Waals surface area contributed by atoms with Gasteiger partial charge in [0.25, 0.3) is 5.91 Å². The standard InChI is InChI=1S/C22H23Cl2N5O6/c23-13-4-2-12(3-5-13)14-7-15(29(28-14)9-11-1-6-17(24)25-8-11)21(34)26-27-22-20(33)19(32)18(31)16(10-30)35-22/h1-8,16,18-20,22,27,30-33H,9-10H2,(H,26,34)/t16-,18-,19+,20-,22-/m1/s1. The third-order valence-electron chi connectivity index (χ3n) is 5.49. The predicted octanol–water partition coefficient (Wildman–Crippen LogP) is 0.335. The van der Waals surface area contributed by atoms with Crippen LogP contribution < -0.4 is 10.9 Å².